The molecule has 1 N–H and O–H groups in total. The first-order valence-corrected chi connectivity index (χ1v) is 9.24. The van der Waals surface area contributed by atoms with Crippen molar-refractivity contribution >= 4 is 29.1 Å². The highest BCUT2D eigenvalue weighted by molar-refractivity contribution is 5.85. The SMILES string of the molecule is Cl.O=[N+]([O-])c1ccc(OCC(O)Cn2c(C3CCCO3)nc3ccccc32)cc1. The van der Waals surface area contributed by atoms with Gasteiger partial charge in [-0.1, -0.05) is 12.1 Å². The third kappa shape index (κ3) is 4.67. The fourth-order valence-corrected chi connectivity index (χ4v) is 3.43. The van der Waals surface area contributed by atoms with Gasteiger partial charge in [0.2, 0.25) is 0 Å². The molecule has 29 heavy (non-hydrogen) atoms. The van der Waals surface area contributed by atoms with E-state index in [0.717, 1.165) is 36.3 Å². The normalized spacial score (nSPS) is 17.1. The second-order valence-electron chi connectivity index (χ2n) is 6.79. The van der Waals surface area contributed by atoms with Gasteiger partial charge in [-0.05, 0) is 37.1 Å². The molecule has 154 valence electrons. The molecule has 0 amide bonds. The number of hydrogen-bond acceptors (Lipinski definition) is 6. The summed E-state index contributed by atoms with van der Waals surface area (Å²) < 4.78 is 13.4. The number of aromatic nitrogens is 2. The fraction of sp³-hybridized carbons (Fsp3) is 0.350. The Morgan fingerprint density at radius 3 is 2.72 bits per heavy atom. The zero-order valence-electron chi connectivity index (χ0n) is 15.6. The third-order valence-electron chi connectivity index (χ3n) is 4.78. The van der Waals surface area contributed by atoms with Gasteiger partial charge in [0.25, 0.3) is 5.69 Å². The third-order valence-corrected chi connectivity index (χ3v) is 4.78. The monoisotopic (exact) mass is 419 g/mol. The second kappa shape index (κ2) is 9.21. The number of nitro groups is 1. The van der Waals surface area contributed by atoms with Crippen molar-refractivity contribution in [2.24, 2.45) is 0 Å². The Morgan fingerprint density at radius 1 is 1.28 bits per heavy atom. The van der Waals surface area contributed by atoms with Crippen molar-refractivity contribution in [1.82, 2.24) is 9.55 Å². The van der Waals surface area contributed by atoms with Gasteiger partial charge in [0.15, 0.2) is 0 Å². The van der Waals surface area contributed by atoms with Crippen LogP contribution in [0.4, 0.5) is 5.69 Å². The van der Waals surface area contributed by atoms with Crippen molar-refractivity contribution in [3.8, 4) is 5.75 Å². The minimum Gasteiger partial charge on any atom is -0.491 e. The van der Waals surface area contributed by atoms with Gasteiger partial charge in [-0.2, -0.15) is 0 Å². The number of nitrogens with zero attached hydrogens (tertiary/aromatic N) is 3. The van der Waals surface area contributed by atoms with Crippen LogP contribution < -0.4 is 4.74 Å². The maximum atomic E-state index is 10.7. The lowest BCUT2D eigenvalue weighted by Crippen LogP contribution is -2.25. The first-order chi connectivity index (χ1) is 13.6. The van der Waals surface area contributed by atoms with Crippen LogP contribution in [0.1, 0.15) is 24.8 Å². The van der Waals surface area contributed by atoms with Gasteiger partial charge in [-0.25, -0.2) is 4.98 Å². The summed E-state index contributed by atoms with van der Waals surface area (Å²) in [4.78, 5) is 15.0. The summed E-state index contributed by atoms with van der Waals surface area (Å²) in [7, 11) is 0. The van der Waals surface area contributed by atoms with Gasteiger partial charge in [-0.3, -0.25) is 10.1 Å². The number of imidazole rings is 1. The Hall–Kier alpha value is -2.68. The summed E-state index contributed by atoms with van der Waals surface area (Å²) in [5.41, 5.74) is 1.82. The molecule has 0 aliphatic carbocycles. The van der Waals surface area contributed by atoms with E-state index in [1.807, 2.05) is 28.8 Å². The van der Waals surface area contributed by atoms with E-state index in [2.05, 4.69) is 0 Å². The quantitative estimate of drug-likeness (QED) is 0.463. The van der Waals surface area contributed by atoms with E-state index >= 15 is 0 Å². The molecule has 9 heteroatoms. The Labute approximate surface area is 173 Å². The Morgan fingerprint density at radius 2 is 2.03 bits per heavy atom. The van der Waals surface area contributed by atoms with Crippen LogP contribution in [-0.4, -0.2) is 38.9 Å². The second-order valence-corrected chi connectivity index (χ2v) is 6.79. The van der Waals surface area contributed by atoms with Crippen molar-refractivity contribution in [3.63, 3.8) is 0 Å². The largest absolute Gasteiger partial charge is 0.491 e. The summed E-state index contributed by atoms with van der Waals surface area (Å²) in [6.07, 6.45) is 1.08. The number of benzene rings is 2. The number of rotatable bonds is 7. The van der Waals surface area contributed by atoms with Gasteiger partial charge >= 0.3 is 0 Å². The molecule has 4 rings (SSSR count). The predicted molar refractivity (Wildman–Crippen MR) is 110 cm³/mol. The van der Waals surface area contributed by atoms with Gasteiger partial charge in [0.05, 0.1) is 22.5 Å². The first kappa shape index (κ1) is 21.0. The van der Waals surface area contributed by atoms with Crippen molar-refractivity contribution < 1.29 is 19.5 Å². The maximum Gasteiger partial charge on any atom is 0.269 e. The molecule has 0 saturated carbocycles. The number of fused-ring (bicyclic) bond motifs is 1. The molecule has 2 aromatic carbocycles. The molecule has 1 fully saturated rings. The lowest BCUT2D eigenvalue weighted by molar-refractivity contribution is -0.384. The van der Waals surface area contributed by atoms with Crippen LogP contribution >= 0.6 is 12.4 Å². The highest BCUT2D eigenvalue weighted by atomic mass is 35.5. The zero-order chi connectivity index (χ0) is 19.5. The molecule has 2 heterocycles. The average molecular weight is 420 g/mol. The Kier molecular flexibility index (Phi) is 6.68. The van der Waals surface area contributed by atoms with Crippen LogP contribution in [0.15, 0.2) is 48.5 Å². The molecule has 2 unspecified atom stereocenters. The van der Waals surface area contributed by atoms with Crippen LogP contribution in [0, 0.1) is 10.1 Å². The fourth-order valence-electron chi connectivity index (χ4n) is 3.43. The number of para-hydroxylation sites is 2. The molecule has 0 spiro atoms. The van der Waals surface area contributed by atoms with E-state index in [-0.39, 0.29) is 30.8 Å². The summed E-state index contributed by atoms with van der Waals surface area (Å²) in [5.74, 6) is 1.30. The molecular formula is C20H22ClN3O5. The number of ether oxygens (including phenoxy) is 2. The summed E-state index contributed by atoms with van der Waals surface area (Å²) in [6, 6.07) is 13.6. The lowest BCUT2D eigenvalue weighted by Gasteiger charge is -2.17. The van der Waals surface area contributed by atoms with Gasteiger partial charge in [0.1, 0.15) is 30.4 Å². The average Bonchev–Trinajstić information content (AvgIpc) is 3.35. The molecule has 8 nitrogen and oxygen atoms in total. The number of halogens is 1. The smallest absolute Gasteiger partial charge is 0.269 e. The van der Waals surface area contributed by atoms with E-state index in [4.69, 9.17) is 14.5 Å². The molecule has 3 aromatic rings. The van der Waals surface area contributed by atoms with Gasteiger partial charge in [0, 0.05) is 18.7 Å². The first-order valence-electron chi connectivity index (χ1n) is 9.24. The topological polar surface area (TPSA) is 99.7 Å². The number of aliphatic hydroxyl groups excluding tert-OH is 1. The Balaban J connectivity index is 0.00000240. The molecule has 1 aromatic heterocycles. The van der Waals surface area contributed by atoms with Crippen molar-refractivity contribution in [3.05, 3.63) is 64.5 Å². The summed E-state index contributed by atoms with van der Waals surface area (Å²) in [6.45, 7) is 1.11. The highest BCUT2D eigenvalue weighted by Gasteiger charge is 2.25. The standard InChI is InChI=1S/C20H21N3O5.ClH/c24-15(13-28-16-9-7-14(8-10-16)23(25)26)12-22-18-5-2-1-4-17(18)21-20(22)19-6-3-11-27-19;/h1-2,4-5,7-10,15,19,24H,3,6,11-13H2;1H. The van der Waals surface area contributed by atoms with E-state index in [1.165, 1.54) is 24.3 Å². The van der Waals surface area contributed by atoms with Crippen molar-refractivity contribution in [1.29, 1.82) is 0 Å². The zero-order valence-corrected chi connectivity index (χ0v) is 16.5. The van der Waals surface area contributed by atoms with E-state index in [0.29, 0.717) is 12.3 Å². The maximum absolute atomic E-state index is 10.7. The molecule has 0 radical (unpaired) electrons. The summed E-state index contributed by atoms with van der Waals surface area (Å²) >= 11 is 0. The van der Waals surface area contributed by atoms with E-state index in [9.17, 15) is 15.2 Å². The predicted octanol–water partition coefficient (Wildman–Crippen LogP) is 3.66. The molecule has 0 bridgehead atoms. The van der Waals surface area contributed by atoms with Crippen molar-refractivity contribution in [2.75, 3.05) is 13.2 Å². The molecule has 2 atom stereocenters. The number of aliphatic hydroxyl groups is 1. The Bertz CT molecular complexity index is 970. The summed E-state index contributed by atoms with van der Waals surface area (Å²) in [5, 5.41) is 21.2. The lowest BCUT2D eigenvalue weighted by atomic mass is 10.2. The van der Waals surface area contributed by atoms with Crippen LogP contribution in [0.3, 0.4) is 0 Å². The van der Waals surface area contributed by atoms with Crippen LogP contribution in [0.2, 0.25) is 0 Å². The van der Waals surface area contributed by atoms with Gasteiger partial charge < -0.3 is 19.1 Å². The van der Waals surface area contributed by atoms with Crippen LogP contribution in [-0.2, 0) is 11.3 Å². The minimum atomic E-state index is -0.770. The van der Waals surface area contributed by atoms with Gasteiger partial charge in [-0.15, -0.1) is 12.4 Å². The number of non-ortho nitro benzene ring substituents is 1. The minimum absolute atomic E-state index is 0. The van der Waals surface area contributed by atoms with Crippen LogP contribution in [0.25, 0.3) is 11.0 Å². The highest BCUT2D eigenvalue weighted by Crippen LogP contribution is 2.30. The molecule has 1 aliphatic heterocycles. The van der Waals surface area contributed by atoms with E-state index < -0.39 is 11.0 Å². The molecular weight excluding hydrogens is 398 g/mol. The van der Waals surface area contributed by atoms with Crippen molar-refractivity contribution in [2.45, 2.75) is 31.6 Å². The molecule has 1 saturated heterocycles. The molecule has 1 aliphatic rings. The van der Waals surface area contributed by atoms with Crippen LogP contribution in [0.5, 0.6) is 5.75 Å². The number of hydrogen-bond donors (Lipinski definition) is 1. The number of nitro benzene ring substituents is 1. The van der Waals surface area contributed by atoms with E-state index in [1.54, 1.807) is 0 Å².